The van der Waals surface area contributed by atoms with Gasteiger partial charge in [-0.2, -0.15) is 4.31 Å². The predicted molar refractivity (Wildman–Crippen MR) is 114 cm³/mol. The molecule has 6 nitrogen and oxygen atoms in total. The molecule has 0 saturated heterocycles. The Labute approximate surface area is 173 Å². The van der Waals surface area contributed by atoms with E-state index in [2.05, 4.69) is 19.2 Å². The van der Waals surface area contributed by atoms with E-state index in [0.717, 1.165) is 11.1 Å². The third-order valence-electron chi connectivity index (χ3n) is 4.65. The van der Waals surface area contributed by atoms with Crippen molar-refractivity contribution in [3.63, 3.8) is 0 Å². The topological polar surface area (TPSA) is 75.7 Å². The van der Waals surface area contributed by atoms with E-state index < -0.39 is 10.0 Å². The summed E-state index contributed by atoms with van der Waals surface area (Å²) >= 11 is 0. The monoisotopic (exact) mass is 418 g/mol. The number of nitrogens with one attached hydrogen (secondary N) is 1. The van der Waals surface area contributed by atoms with Gasteiger partial charge in [0, 0.05) is 19.6 Å². The van der Waals surface area contributed by atoms with Gasteiger partial charge in [0.2, 0.25) is 10.0 Å². The number of hydrogen-bond donors (Lipinski definition) is 1. The van der Waals surface area contributed by atoms with Crippen LogP contribution in [0.1, 0.15) is 44.7 Å². The first-order valence-electron chi connectivity index (χ1n) is 9.86. The summed E-state index contributed by atoms with van der Waals surface area (Å²) < 4.78 is 32.0. The molecule has 158 valence electrons. The van der Waals surface area contributed by atoms with Gasteiger partial charge in [-0.15, -0.1) is 0 Å². The van der Waals surface area contributed by atoms with Crippen molar-refractivity contribution in [1.29, 1.82) is 0 Å². The molecule has 0 bridgehead atoms. The Morgan fingerprint density at radius 2 is 1.72 bits per heavy atom. The van der Waals surface area contributed by atoms with Crippen molar-refractivity contribution in [2.75, 3.05) is 19.7 Å². The molecule has 0 radical (unpaired) electrons. The van der Waals surface area contributed by atoms with Crippen molar-refractivity contribution < 1.29 is 17.9 Å². The molecule has 7 heteroatoms. The highest BCUT2D eigenvalue weighted by Crippen LogP contribution is 2.20. The standard InChI is InChI=1S/C22H30N2O4S/c1-5-24(6-2)29(26,27)21-12-10-18(11-13-21)15-23-22(25)16-28-20-9-7-8-19(14-20)17(3)4/h7-14,17H,5-6,15-16H2,1-4H3,(H,23,25). The number of ether oxygens (including phenoxy) is 1. The van der Waals surface area contributed by atoms with Crippen molar-refractivity contribution in [2.45, 2.75) is 45.1 Å². The number of carbonyl (C=O) groups excluding carboxylic acids is 1. The number of amides is 1. The van der Waals surface area contributed by atoms with E-state index in [0.29, 0.717) is 31.3 Å². The van der Waals surface area contributed by atoms with Crippen molar-refractivity contribution in [1.82, 2.24) is 9.62 Å². The number of hydrogen-bond acceptors (Lipinski definition) is 4. The van der Waals surface area contributed by atoms with Crippen molar-refractivity contribution in [3.8, 4) is 5.75 Å². The van der Waals surface area contributed by atoms with Gasteiger partial charge in [0.05, 0.1) is 4.90 Å². The van der Waals surface area contributed by atoms with E-state index in [-0.39, 0.29) is 17.4 Å². The largest absolute Gasteiger partial charge is 0.484 e. The maximum Gasteiger partial charge on any atom is 0.258 e. The molecule has 0 spiro atoms. The molecule has 2 aromatic carbocycles. The molecule has 0 aromatic heterocycles. The molecule has 0 unspecified atom stereocenters. The van der Waals surface area contributed by atoms with Crippen LogP contribution in [0.25, 0.3) is 0 Å². The van der Waals surface area contributed by atoms with Crippen LogP contribution in [0.15, 0.2) is 53.4 Å². The number of nitrogens with zero attached hydrogens (tertiary/aromatic N) is 1. The van der Waals surface area contributed by atoms with Gasteiger partial charge >= 0.3 is 0 Å². The molecule has 0 aliphatic rings. The minimum Gasteiger partial charge on any atom is -0.484 e. The Balaban J connectivity index is 1.88. The molecule has 0 heterocycles. The van der Waals surface area contributed by atoms with Crippen molar-refractivity contribution in [3.05, 3.63) is 59.7 Å². The van der Waals surface area contributed by atoms with Gasteiger partial charge in [-0.25, -0.2) is 8.42 Å². The molecular weight excluding hydrogens is 388 g/mol. The molecule has 1 amide bonds. The summed E-state index contributed by atoms with van der Waals surface area (Å²) in [5.41, 5.74) is 1.97. The van der Waals surface area contributed by atoms with Gasteiger partial charge < -0.3 is 10.1 Å². The third kappa shape index (κ3) is 6.30. The molecule has 0 aliphatic heterocycles. The molecular formula is C22H30N2O4S. The Hall–Kier alpha value is -2.38. The van der Waals surface area contributed by atoms with E-state index in [1.54, 1.807) is 24.3 Å². The van der Waals surface area contributed by atoms with Gasteiger partial charge in [-0.1, -0.05) is 52.0 Å². The van der Waals surface area contributed by atoms with Crippen molar-refractivity contribution in [2.24, 2.45) is 0 Å². The Bertz CT molecular complexity index is 905. The zero-order valence-electron chi connectivity index (χ0n) is 17.5. The lowest BCUT2D eigenvalue weighted by Gasteiger charge is -2.18. The quantitative estimate of drug-likeness (QED) is 0.640. The summed E-state index contributed by atoms with van der Waals surface area (Å²) in [4.78, 5) is 12.3. The summed E-state index contributed by atoms with van der Waals surface area (Å²) in [6.45, 7) is 8.91. The molecule has 0 fully saturated rings. The van der Waals surface area contributed by atoms with E-state index in [1.807, 2.05) is 38.1 Å². The SMILES string of the molecule is CCN(CC)S(=O)(=O)c1ccc(CNC(=O)COc2cccc(C(C)C)c2)cc1. The lowest BCUT2D eigenvalue weighted by molar-refractivity contribution is -0.123. The first-order chi connectivity index (χ1) is 13.8. The normalized spacial score (nSPS) is 11.7. The highest BCUT2D eigenvalue weighted by atomic mass is 32.2. The summed E-state index contributed by atoms with van der Waals surface area (Å²) in [6, 6.07) is 14.3. The Morgan fingerprint density at radius 1 is 1.07 bits per heavy atom. The average Bonchev–Trinajstić information content (AvgIpc) is 2.72. The molecule has 0 atom stereocenters. The molecule has 0 aliphatic carbocycles. The van der Waals surface area contributed by atoms with Gasteiger partial charge in [-0.3, -0.25) is 4.79 Å². The molecule has 0 saturated carbocycles. The highest BCUT2D eigenvalue weighted by Gasteiger charge is 2.21. The fourth-order valence-corrected chi connectivity index (χ4v) is 4.31. The van der Waals surface area contributed by atoms with E-state index in [4.69, 9.17) is 4.74 Å². The van der Waals surface area contributed by atoms with Crippen LogP contribution < -0.4 is 10.1 Å². The number of rotatable bonds is 10. The smallest absolute Gasteiger partial charge is 0.258 e. The second-order valence-corrected chi connectivity index (χ2v) is 8.96. The summed E-state index contributed by atoms with van der Waals surface area (Å²) in [6.07, 6.45) is 0. The molecule has 29 heavy (non-hydrogen) atoms. The van der Waals surface area contributed by atoms with Crippen LogP contribution in [0.2, 0.25) is 0 Å². The second kappa shape index (κ2) is 10.4. The summed E-state index contributed by atoms with van der Waals surface area (Å²) in [5.74, 6) is 0.818. The van der Waals surface area contributed by atoms with Crippen LogP contribution in [0, 0.1) is 0 Å². The predicted octanol–water partition coefficient (Wildman–Crippen LogP) is 3.54. The summed E-state index contributed by atoms with van der Waals surface area (Å²) in [7, 11) is -3.47. The van der Waals surface area contributed by atoms with Crippen LogP contribution in [-0.4, -0.2) is 38.3 Å². The first kappa shape index (κ1) is 22.9. The van der Waals surface area contributed by atoms with Gasteiger partial charge in [-0.05, 0) is 41.3 Å². The molecule has 1 N–H and O–H groups in total. The fraction of sp³-hybridized carbons (Fsp3) is 0.409. The van der Waals surface area contributed by atoms with Crippen LogP contribution >= 0.6 is 0 Å². The maximum absolute atomic E-state index is 12.5. The van der Waals surface area contributed by atoms with Crippen LogP contribution in [0.3, 0.4) is 0 Å². The Kier molecular flexibility index (Phi) is 8.22. The molecule has 2 aromatic rings. The van der Waals surface area contributed by atoms with E-state index in [1.165, 1.54) is 4.31 Å². The fourth-order valence-electron chi connectivity index (χ4n) is 2.86. The minimum absolute atomic E-state index is 0.0734. The van der Waals surface area contributed by atoms with E-state index in [9.17, 15) is 13.2 Å². The highest BCUT2D eigenvalue weighted by molar-refractivity contribution is 7.89. The number of carbonyl (C=O) groups is 1. The van der Waals surface area contributed by atoms with Gasteiger partial charge in [0.25, 0.3) is 5.91 Å². The van der Waals surface area contributed by atoms with Crippen LogP contribution in [0.4, 0.5) is 0 Å². The zero-order chi connectivity index (χ0) is 21.4. The Morgan fingerprint density at radius 3 is 2.31 bits per heavy atom. The maximum atomic E-state index is 12.5. The molecule has 2 rings (SSSR count). The third-order valence-corrected chi connectivity index (χ3v) is 6.72. The van der Waals surface area contributed by atoms with Crippen LogP contribution in [-0.2, 0) is 21.4 Å². The average molecular weight is 419 g/mol. The van der Waals surface area contributed by atoms with E-state index >= 15 is 0 Å². The van der Waals surface area contributed by atoms with Crippen LogP contribution in [0.5, 0.6) is 5.75 Å². The lowest BCUT2D eigenvalue weighted by Crippen LogP contribution is -2.30. The number of sulfonamides is 1. The number of benzene rings is 2. The zero-order valence-corrected chi connectivity index (χ0v) is 18.3. The van der Waals surface area contributed by atoms with Crippen molar-refractivity contribution >= 4 is 15.9 Å². The first-order valence-corrected chi connectivity index (χ1v) is 11.3. The van der Waals surface area contributed by atoms with Gasteiger partial charge in [0.15, 0.2) is 6.61 Å². The lowest BCUT2D eigenvalue weighted by atomic mass is 10.0. The van der Waals surface area contributed by atoms with Gasteiger partial charge in [0.1, 0.15) is 5.75 Å². The minimum atomic E-state index is -3.47. The second-order valence-electron chi connectivity index (χ2n) is 7.03. The summed E-state index contributed by atoms with van der Waals surface area (Å²) in [5, 5.41) is 2.79.